The molecule has 0 aliphatic carbocycles. The van der Waals surface area contributed by atoms with E-state index in [2.05, 4.69) is 5.32 Å². The third kappa shape index (κ3) is 9.21. The van der Waals surface area contributed by atoms with Crippen molar-refractivity contribution in [1.82, 2.24) is 5.32 Å². The predicted octanol–water partition coefficient (Wildman–Crippen LogP) is 0.482. The number of hydrogen-bond acceptors (Lipinski definition) is 4. The highest BCUT2D eigenvalue weighted by molar-refractivity contribution is 5.81. The van der Waals surface area contributed by atoms with Crippen molar-refractivity contribution in [2.24, 2.45) is 0 Å². The summed E-state index contributed by atoms with van der Waals surface area (Å²) in [4.78, 5) is 22.1. The van der Waals surface area contributed by atoms with Gasteiger partial charge in [-0.3, -0.25) is 9.59 Å². The monoisotopic (exact) mass is 217 g/mol. The van der Waals surface area contributed by atoms with Gasteiger partial charge in [-0.2, -0.15) is 0 Å². The molecule has 0 fully saturated rings. The van der Waals surface area contributed by atoms with Crippen LogP contribution in [0.1, 0.15) is 26.2 Å². The van der Waals surface area contributed by atoms with Gasteiger partial charge in [0.15, 0.2) is 0 Å². The Bertz CT molecular complexity index is 194. The highest BCUT2D eigenvalue weighted by Gasteiger charge is 2.06. The summed E-state index contributed by atoms with van der Waals surface area (Å²) in [5.74, 6) is -0.455. The highest BCUT2D eigenvalue weighted by atomic mass is 16.5. The summed E-state index contributed by atoms with van der Waals surface area (Å²) < 4.78 is 9.52. The molecule has 0 radical (unpaired) electrons. The van der Waals surface area contributed by atoms with Crippen molar-refractivity contribution in [3.05, 3.63) is 0 Å². The van der Waals surface area contributed by atoms with Crippen molar-refractivity contribution in [3.63, 3.8) is 0 Å². The van der Waals surface area contributed by atoms with Crippen LogP contribution in [0.3, 0.4) is 0 Å². The van der Waals surface area contributed by atoms with Crippen molar-refractivity contribution >= 4 is 11.9 Å². The number of methoxy groups -OCH3 is 1. The van der Waals surface area contributed by atoms with Crippen LogP contribution in [0.5, 0.6) is 0 Å². The largest absolute Gasteiger partial charge is 0.466 e. The second kappa shape index (κ2) is 9.45. The lowest BCUT2D eigenvalue weighted by atomic mass is 10.3. The first kappa shape index (κ1) is 13.9. The van der Waals surface area contributed by atoms with Crippen molar-refractivity contribution in [2.45, 2.75) is 26.2 Å². The predicted molar refractivity (Wildman–Crippen MR) is 55.4 cm³/mol. The van der Waals surface area contributed by atoms with Crippen LogP contribution in [0.2, 0.25) is 0 Å². The van der Waals surface area contributed by atoms with Gasteiger partial charge in [0, 0.05) is 26.7 Å². The molecular weight excluding hydrogens is 198 g/mol. The summed E-state index contributed by atoms with van der Waals surface area (Å²) in [5.41, 5.74) is 0. The molecule has 0 spiro atoms. The van der Waals surface area contributed by atoms with Gasteiger partial charge in [0.25, 0.3) is 0 Å². The Morgan fingerprint density at radius 2 is 2.00 bits per heavy atom. The van der Waals surface area contributed by atoms with E-state index in [1.165, 1.54) is 0 Å². The molecule has 15 heavy (non-hydrogen) atoms. The number of carbonyl (C=O) groups excluding carboxylic acids is 2. The minimum absolute atomic E-state index is 0.126. The van der Waals surface area contributed by atoms with Crippen LogP contribution < -0.4 is 5.32 Å². The van der Waals surface area contributed by atoms with E-state index >= 15 is 0 Å². The molecule has 5 heteroatoms. The minimum Gasteiger partial charge on any atom is -0.466 e. The maximum absolute atomic E-state index is 11.2. The molecule has 0 atom stereocenters. The van der Waals surface area contributed by atoms with Gasteiger partial charge in [-0.15, -0.1) is 0 Å². The standard InChI is InChI=1S/C10H19NO4/c1-3-15-10(13)6-5-9(12)11-7-4-8-14-2/h3-8H2,1-2H3,(H,11,12). The Balaban J connectivity index is 3.36. The number of rotatable bonds is 8. The lowest BCUT2D eigenvalue weighted by Gasteiger charge is -2.04. The SMILES string of the molecule is CCOC(=O)CCC(=O)NCCCOC. The molecule has 0 saturated heterocycles. The van der Waals surface area contributed by atoms with Gasteiger partial charge < -0.3 is 14.8 Å². The van der Waals surface area contributed by atoms with E-state index in [9.17, 15) is 9.59 Å². The summed E-state index contributed by atoms with van der Waals surface area (Å²) in [6, 6.07) is 0. The number of nitrogens with one attached hydrogen (secondary N) is 1. The van der Waals surface area contributed by atoms with E-state index in [1.807, 2.05) is 0 Å². The first-order valence-corrected chi connectivity index (χ1v) is 5.12. The summed E-state index contributed by atoms with van der Waals surface area (Å²) in [6.45, 7) is 3.30. The molecule has 88 valence electrons. The molecule has 0 rings (SSSR count). The van der Waals surface area contributed by atoms with Crippen LogP contribution in [0.4, 0.5) is 0 Å². The first-order valence-electron chi connectivity index (χ1n) is 5.12. The van der Waals surface area contributed by atoms with E-state index in [-0.39, 0.29) is 24.7 Å². The van der Waals surface area contributed by atoms with Gasteiger partial charge in [0.05, 0.1) is 13.0 Å². The van der Waals surface area contributed by atoms with Gasteiger partial charge in [-0.1, -0.05) is 0 Å². The molecule has 0 bridgehead atoms. The Kier molecular flexibility index (Phi) is 8.76. The Morgan fingerprint density at radius 1 is 1.27 bits per heavy atom. The zero-order valence-electron chi connectivity index (χ0n) is 9.38. The Hall–Kier alpha value is -1.10. The summed E-state index contributed by atoms with van der Waals surface area (Å²) >= 11 is 0. The van der Waals surface area contributed by atoms with Gasteiger partial charge in [0.2, 0.25) is 5.91 Å². The van der Waals surface area contributed by atoms with Gasteiger partial charge in [-0.25, -0.2) is 0 Å². The van der Waals surface area contributed by atoms with E-state index in [0.717, 1.165) is 6.42 Å². The number of ether oxygens (including phenoxy) is 2. The Morgan fingerprint density at radius 3 is 2.60 bits per heavy atom. The molecule has 0 aliphatic heterocycles. The Labute approximate surface area is 90.1 Å². The van der Waals surface area contributed by atoms with Crippen LogP contribution in [-0.4, -0.2) is 38.7 Å². The summed E-state index contributed by atoms with van der Waals surface area (Å²) in [6.07, 6.45) is 1.11. The average Bonchev–Trinajstić information content (AvgIpc) is 2.22. The second-order valence-corrected chi connectivity index (χ2v) is 3.00. The molecule has 1 N–H and O–H groups in total. The lowest BCUT2D eigenvalue weighted by Crippen LogP contribution is -2.25. The van der Waals surface area contributed by atoms with Crippen LogP contribution >= 0.6 is 0 Å². The minimum atomic E-state index is -0.329. The van der Waals surface area contributed by atoms with Gasteiger partial charge in [0.1, 0.15) is 0 Å². The van der Waals surface area contributed by atoms with Crippen molar-refractivity contribution in [3.8, 4) is 0 Å². The van der Waals surface area contributed by atoms with Crippen LogP contribution in [0.25, 0.3) is 0 Å². The fourth-order valence-electron chi connectivity index (χ4n) is 0.981. The summed E-state index contributed by atoms with van der Waals surface area (Å²) in [5, 5.41) is 2.69. The van der Waals surface area contributed by atoms with E-state index in [4.69, 9.17) is 9.47 Å². The van der Waals surface area contributed by atoms with E-state index in [0.29, 0.717) is 19.8 Å². The smallest absolute Gasteiger partial charge is 0.306 e. The lowest BCUT2D eigenvalue weighted by molar-refractivity contribution is -0.144. The molecule has 5 nitrogen and oxygen atoms in total. The second-order valence-electron chi connectivity index (χ2n) is 3.00. The zero-order chi connectivity index (χ0) is 11.5. The molecular formula is C10H19NO4. The van der Waals surface area contributed by atoms with Crippen molar-refractivity contribution < 1.29 is 19.1 Å². The molecule has 1 amide bonds. The molecule has 0 aromatic rings. The number of carbonyl (C=O) groups is 2. The molecule has 0 aromatic carbocycles. The third-order valence-electron chi connectivity index (χ3n) is 1.71. The van der Waals surface area contributed by atoms with Crippen LogP contribution in [-0.2, 0) is 19.1 Å². The molecule has 0 aliphatic rings. The van der Waals surface area contributed by atoms with Crippen molar-refractivity contribution in [1.29, 1.82) is 0 Å². The first-order chi connectivity index (χ1) is 7.20. The number of amides is 1. The third-order valence-corrected chi connectivity index (χ3v) is 1.71. The summed E-state index contributed by atoms with van der Waals surface area (Å²) in [7, 11) is 1.61. The maximum atomic E-state index is 11.2. The molecule has 0 saturated carbocycles. The topological polar surface area (TPSA) is 64.6 Å². The fourth-order valence-corrected chi connectivity index (χ4v) is 0.981. The molecule has 0 aromatic heterocycles. The molecule has 0 heterocycles. The van der Waals surface area contributed by atoms with Crippen LogP contribution in [0, 0.1) is 0 Å². The van der Waals surface area contributed by atoms with E-state index < -0.39 is 0 Å². The van der Waals surface area contributed by atoms with E-state index in [1.54, 1.807) is 14.0 Å². The van der Waals surface area contributed by atoms with Crippen LogP contribution in [0.15, 0.2) is 0 Å². The van der Waals surface area contributed by atoms with Gasteiger partial charge >= 0.3 is 5.97 Å². The maximum Gasteiger partial charge on any atom is 0.306 e. The fraction of sp³-hybridized carbons (Fsp3) is 0.800. The zero-order valence-corrected chi connectivity index (χ0v) is 9.38. The average molecular weight is 217 g/mol. The quantitative estimate of drug-likeness (QED) is 0.474. The number of esters is 1. The van der Waals surface area contributed by atoms with Crippen molar-refractivity contribution in [2.75, 3.05) is 26.9 Å². The molecule has 0 unspecified atom stereocenters. The normalized spacial score (nSPS) is 9.73. The number of hydrogen-bond donors (Lipinski definition) is 1. The highest BCUT2D eigenvalue weighted by Crippen LogP contribution is 1.92. The van der Waals surface area contributed by atoms with Gasteiger partial charge in [-0.05, 0) is 13.3 Å².